The van der Waals surface area contributed by atoms with Gasteiger partial charge in [0.2, 0.25) is 0 Å². The van der Waals surface area contributed by atoms with E-state index in [1.807, 2.05) is 7.05 Å². The average molecular weight is 324 g/mol. The number of carbonyl (C=O) groups excluding carboxylic acids is 1. The first-order chi connectivity index (χ1) is 9.16. The molecule has 1 aromatic carbocycles. The largest absolute Gasteiger partial charge is 0.336 e. The fourth-order valence-electron chi connectivity index (χ4n) is 2.78. The Morgan fingerprint density at radius 2 is 1.84 bits per heavy atom. The summed E-state index contributed by atoms with van der Waals surface area (Å²) in [5.74, 6) is 0.773. The molecule has 19 heavy (non-hydrogen) atoms. The molecular formula is C16H22BrNO. The summed E-state index contributed by atoms with van der Waals surface area (Å²) in [5.41, 5.74) is 2.80. The Kier molecular flexibility index (Phi) is 5.44. The third-order valence-electron chi connectivity index (χ3n) is 4.09. The second-order valence-corrected chi connectivity index (χ2v) is 6.18. The van der Waals surface area contributed by atoms with Crippen LogP contribution in [0.5, 0.6) is 0 Å². The Labute approximate surface area is 124 Å². The first-order valence-corrected chi connectivity index (χ1v) is 7.95. The topological polar surface area (TPSA) is 20.3 Å². The van der Waals surface area contributed by atoms with E-state index in [0.29, 0.717) is 0 Å². The zero-order valence-electron chi connectivity index (χ0n) is 11.6. The van der Waals surface area contributed by atoms with Gasteiger partial charge in [0.25, 0.3) is 4.82 Å². The lowest BCUT2D eigenvalue weighted by Gasteiger charge is -2.22. The molecule has 0 radical (unpaired) electrons. The molecule has 1 aliphatic rings. The monoisotopic (exact) mass is 323 g/mol. The predicted molar refractivity (Wildman–Crippen MR) is 82.9 cm³/mol. The smallest absolute Gasteiger partial charge is 0.289 e. The molecule has 0 atom stereocenters. The lowest BCUT2D eigenvalue weighted by atomic mass is 9.84. The Hall–Kier alpha value is -0.830. The van der Waals surface area contributed by atoms with Gasteiger partial charge in [-0.05, 0) is 36.3 Å². The maximum Gasteiger partial charge on any atom is 0.289 e. The van der Waals surface area contributed by atoms with Crippen molar-refractivity contribution in [2.24, 2.45) is 0 Å². The van der Waals surface area contributed by atoms with Crippen LogP contribution in [-0.2, 0) is 6.42 Å². The molecule has 0 heterocycles. The molecule has 0 aromatic heterocycles. The fourth-order valence-corrected chi connectivity index (χ4v) is 2.95. The molecule has 1 aliphatic carbocycles. The summed E-state index contributed by atoms with van der Waals surface area (Å²) in [6, 6.07) is 9.00. The normalized spacial score (nSPS) is 16.3. The molecule has 0 N–H and O–H groups in total. The van der Waals surface area contributed by atoms with Gasteiger partial charge in [0.15, 0.2) is 0 Å². The summed E-state index contributed by atoms with van der Waals surface area (Å²) in [6.07, 6.45) is 7.77. The van der Waals surface area contributed by atoms with Crippen molar-refractivity contribution in [3.63, 3.8) is 0 Å². The van der Waals surface area contributed by atoms with Crippen molar-refractivity contribution in [1.82, 2.24) is 4.90 Å². The number of halogens is 1. The molecule has 2 rings (SSSR count). The molecule has 1 amide bonds. The highest BCUT2D eigenvalue weighted by molar-refractivity contribution is 9.18. The Bertz CT molecular complexity index is 409. The Balaban J connectivity index is 1.89. The molecule has 0 spiro atoms. The second-order valence-electron chi connectivity index (χ2n) is 5.50. The summed E-state index contributed by atoms with van der Waals surface area (Å²) in [6.45, 7) is 0.757. The highest BCUT2D eigenvalue weighted by Crippen LogP contribution is 2.32. The van der Waals surface area contributed by atoms with Crippen molar-refractivity contribution >= 4 is 20.7 Å². The highest BCUT2D eigenvalue weighted by atomic mass is 79.9. The van der Waals surface area contributed by atoms with Crippen LogP contribution in [-0.4, -0.2) is 23.3 Å². The van der Waals surface area contributed by atoms with Crippen LogP contribution in [0.1, 0.15) is 49.1 Å². The van der Waals surface area contributed by atoms with Crippen molar-refractivity contribution in [3.8, 4) is 0 Å². The van der Waals surface area contributed by atoms with Gasteiger partial charge in [-0.1, -0.05) is 43.5 Å². The molecule has 104 valence electrons. The molecule has 0 unspecified atom stereocenters. The molecule has 3 heteroatoms. The fraction of sp³-hybridized carbons (Fsp3) is 0.562. The average Bonchev–Trinajstić information content (AvgIpc) is 2.46. The van der Waals surface area contributed by atoms with Crippen molar-refractivity contribution in [1.29, 1.82) is 0 Å². The van der Waals surface area contributed by atoms with Crippen LogP contribution in [0, 0.1) is 0 Å². The standard InChI is InChI=1S/C16H22BrNO/c1-18(16(17)19)12-11-13-7-9-15(10-8-13)14-5-3-2-4-6-14/h7-10,14H,2-6,11-12H2,1H3. The van der Waals surface area contributed by atoms with Crippen molar-refractivity contribution in [2.45, 2.75) is 44.4 Å². The van der Waals surface area contributed by atoms with Crippen molar-refractivity contribution in [2.75, 3.05) is 13.6 Å². The SMILES string of the molecule is CN(CCc1ccc(C2CCCCC2)cc1)C(=O)Br. The van der Waals surface area contributed by atoms with Gasteiger partial charge in [0.1, 0.15) is 0 Å². The van der Waals surface area contributed by atoms with Gasteiger partial charge in [-0.15, -0.1) is 0 Å². The van der Waals surface area contributed by atoms with E-state index in [2.05, 4.69) is 40.2 Å². The molecule has 0 bridgehead atoms. The third kappa shape index (κ3) is 4.34. The minimum atomic E-state index is -0.0497. The Morgan fingerprint density at radius 3 is 2.42 bits per heavy atom. The minimum absolute atomic E-state index is 0.0497. The number of carbonyl (C=O) groups is 1. The molecular weight excluding hydrogens is 302 g/mol. The van der Waals surface area contributed by atoms with Crippen LogP contribution >= 0.6 is 15.9 Å². The van der Waals surface area contributed by atoms with E-state index in [0.717, 1.165) is 18.9 Å². The van der Waals surface area contributed by atoms with E-state index in [1.165, 1.54) is 43.2 Å². The number of hydrogen-bond donors (Lipinski definition) is 0. The summed E-state index contributed by atoms with van der Waals surface area (Å²) >= 11 is 2.96. The molecule has 0 aliphatic heterocycles. The molecule has 0 saturated heterocycles. The summed E-state index contributed by atoms with van der Waals surface area (Å²) in [5, 5.41) is 0. The highest BCUT2D eigenvalue weighted by Gasteiger charge is 2.15. The lowest BCUT2D eigenvalue weighted by molar-refractivity contribution is 0.235. The molecule has 1 saturated carbocycles. The van der Waals surface area contributed by atoms with E-state index in [9.17, 15) is 4.79 Å². The van der Waals surface area contributed by atoms with Crippen LogP contribution in [0.15, 0.2) is 24.3 Å². The van der Waals surface area contributed by atoms with Crippen LogP contribution in [0.3, 0.4) is 0 Å². The Morgan fingerprint density at radius 1 is 1.21 bits per heavy atom. The number of rotatable bonds is 4. The number of amides is 1. The first kappa shape index (κ1) is 14.6. The number of hydrogen-bond acceptors (Lipinski definition) is 1. The van der Waals surface area contributed by atoms with Crippen LogP contribution < -0.4 is 0 Å². The number of likely N-dealkylation sites (N-methyl/N-ethyl adjacent to an activating group) is 1. The van der Waals surface area contributed by atoms with Gasteiger partial charge in [-0.3, -0.25) is 4.79 Å². The maximum absolute atomic E-state index is 11.1. The molecule has 2 nitrogen and oxygen atoms in total. The van der Waals surface area contributed by atoms with Gasteiger partial charge >= 0.3 is 0 Å². The van der Waals surface area contributed by atoms with Crippen LogP contribution in [0.4, 0.5) is 4.79 Å². The zero-order chi connectivity index (χ0) is 13.7. The maximum atomic E-state index is 11.1. The lowest BCUT2D eigenvalue weighted by Crippen LogP contribution is -2.23. The summed E-state index contributed by atoms with van der Waals surface area (Å²) < 4.78 is 0. The van der Waals surface area contributed by atoms with E-state index in [4.69, 9.17) is 0 Å². The molecule has 1 fully saturated rings. The van der Waals surface area contributed by atoms with Gasteiger partial charge in [-0.2, -0.15) is 0 Å². The first-order valence-electron chi connectivity index (χ1n) is 7.16. The summed E-state index contributed by atoms with van der Waals surface area (Å²) in [7, 11) is 1.81. The van der Waals surface area contributed by atoms with E-state index in [-0.39, 0.29) is 4.82 Å². The number of nitrogens with zero attached hydrogens (tertiary/aromatic N) is 1. The van der Waals surface area contributed by atoms with Gasteiger partial charge < -0.3 is 4.90 Å². The predicted octanol–water partition coefficient (Wildman–Crippen LogP) is 4.72. The van der Waals surface area contributed by atoms with E-state index < -0.39 is 0 Å². The third-order valence-corrected chi connectivity index (χ3v) is 4.70. The van der Waals surface area contributed by atoms with Gasteiger partial charge in [0.05, 0.1) is 0 Å². The van der Waals surface area contributed by atoms with Gasteiger partial charge in [0, 0.05) is 29.5 Å². The van der Waals surface area contributed by atoms with E-state index >= 15 is 0 Å². The number of benzene rings is 1. The van der Waals surface area contributed by atoms with Gasteiger partial charge in [-0.25, -0.2) is 0 Å². The van der Waals surface area contributed by atoms with Crippen molar-refractivity contribution in [3.05, 3.63) is 35.4 Å². The summed E-state index contributed by atoms with van der Waals surface area (Å²) in [4.78, 5) is 12.7. The quantitative estimate of drug-likeness (QED) is 0.579. The van der Waals surface area contributed by atoms with Crippen LogP contribution in [0.25, 0.3) is 0 Å². The second kappa shape index (κ2) is 7.09. The van der Waals surface area contributed by atoms with Crippen LogP contribution in [0.2, 0.25) is 0 Å². The van der Waals surface area contributed by atoms with E-state index in [1.54, 1.807) is 4.90 Å². The minimum Gasteiger partial charge on any atom is -0.336 e. The van der Waals surface area contributed by atoms with Crippen molar-refractivity contribution < 1.29 is 4.79 Å². The molecule has 1 aromatic rings. The zero-order valence-corrected chi connectivity index (χ0v) is 13.2.